The van der Waals surface area contributed by atoms with E-state index in [1.165, 1.54) is 11.1 Å². The van der Waals surface area contributed by atoms with Crippen molar-refractivity contribution in [1.29, 1.82) is 0 Å². The van der Waals surface area contributed by atoms with E-state index in [2.05, 4.69) is 24.0 Å². The zero-order chi connectivity index (χ0) is 13.7. The molecule has 0 saturated carbocycles. The smallest absolute Gasteiger partial charge is 0.159 e. The predicted octanol–water partition coefficient (Wildman–Crippen LogP) is 3.10. The van der Waals surface area contributed by atoms with Gasteiger partial charge in [-0.3, -0.25) is 9.69 Å². The molecule has 20 heavy (non-hydrogen) atoms. The standard InChI is InChI=1S/C16H23NO2.ClH/c1-3-4-14-5-6-15(13(2)18)11-16(14)12-17-7-9-19-10-8-17;/h5-6,11H,3-4,7-10,12H2,1-2H3;1H. The fourth-order valence-corrected chi connectivity index (χ4v) is 2.51. The van der Waals surface area contributed by atoms with Crippen molar-refractivity contribution in [2.45, 2.75) is 33.2 Å². The second kappa shape index (κ2) is 8.40. The molecule has 0 N–H and O–H groups in total. The van der Waals surface area contributed by atoms with Gasteiger partial charge in [0.05, 0.1) is 13.2 Å². The summed E-state index contributed by atoms with van der Waals surface area (Å²) >= 11 is 0. The molecule has 3 nitrogen and oxygen atoms in total. The third-order valence-corrected chi connectivity index (χ3v) is 3.63. The summed E-state index contributed by atoms with van der Waals surface area (Å²) in [6.07, 6.45) is 2.22. The van der Waals surface area contributed by atoms with Gasteiger partial charge < -0.3 is 4.74 Å². The maximum atomic E-state index is 11.5. The van der Waals surface area contributed by atoms with Gasteiger partial charge >= 0.3 is 0 Å². The fraction of sp³-hybridized carbons (Fsp3) is 0.562. The van der Waals surface area contributed by atoms with E-state index < -0.39 is 0 Å². The molecule has 1 saturated heterocycles. The number of carbonyl (C=O) groups excluding carboxylic acids is 1. The van der Waals surface area contributed by atoms with Gasteiger partial charge in [0.25, 0.3) is 0 Å². The van der Waals surface area contributed by atoms with Gasteiger partial charge in [0, 0.05) is 25.2 Å². The maximum absolute atomic E-state index is 11.5. The van der Waals surface area contributed by atoms with Crippen molar-refractivity contribution in [3.05, 3.63) is 34.9 Å². The second-order valence-electron chi connectivity index (χ2n) is 5.18. The molecule has 0 aliphatic carbocycles. The van der Waals surface area contributed by atoms with Crippen LogP contribution >= 0.6 is 12.4 Å². The van der Waals surface area contributed by atoms with Crippen LogP contribution in [0.15, 0.2) is 18.2 Å². The average Bonchev–Trinajstić information content (AvgIpc) is 2.42. The lowest BCUT2D eigenvalue weighted by Gasteiger charge is -2.27. The summed E-state index contributed by atoms with van der Waals surface area (Å²) < 4.78 is 5.38. The number of halogens is 1. The number of ether oxygens (including phenoxy) is 1. The number of hydrogen-bond acceptors (Lipinski definition) is 3. The Balaban J connectivity index is 0.00000200. The zero-order valence-corrected chi connectivity index (χ0v) is 13.2. The largest absolute Gasteiger partial charge is 0.379 e. The Kier molecular flexibility index (Phi) is 7.20. The van der Waals surface area contributed by atoms with Crippen molar-refractivity contribution in [3.63, 3.8) is 0 Å². The number of aryl methyl sites for hydroxylation is 1. The first-order valence-corrected chi connectivity index (χ1v) is 7.13. The van der Waals surface area contributed by atoms with Crippen LogP contribution in [0.3, 0.4) is 0 Å². The number of benzene rings is 1. The van der Waals surface area contributed by atoms with Crippen LogP contribution in [0, 0.1) is 0 Å². The molecule has 0 radical (unpaired) electrons. The predicted molar refractivity (Wildman–Crippen MR) is 83.8 cm³/mol. The quantitative estimate of drug-likeness (QED) is 0.782. The highest BCUT2D eigenvalue weighted by atomic mass is 35.5. The van der Waals surface area contributed by atoms with Gasteiger partial charge in [0.2, 0.25) is 0 Å². The van der Waals surface area contributed by atoms with Gasteiger partial charge in [0.1, 0.15) is 0 Å². The fourth-order valence-electron chi connectivity index (χ4n) is 2.51. The highest BCUT2D eigenvalue weighted by molar-refractivity contribution is 5.94. The summed E-state index contributed by atoms with van der Waals surface area (Å²) in [6, 6.07) is 6.15. The number of rotatable bonds is 5. The first-order chi connectivity index (χ1) is 9.20. The van der Waals surface area contributed by atoms with E-state index in [0.717, 1.165) is 51.3 Å². The highest BCUT2D eigenvalue weighted by Gasteiger charge is 2.13. The Morgan fingerprint density at radius 2 is 1.95 bits per heavy atom. The van der Waals surface area contributed by atoms with Gasteiger partial charge in [-0.05, 0) is 30.5 Å². The molecule has 0 spiro atoms. The molecule has 2 rings (SSSR count). The Morgan fingerprint density at radius 3 is 2.55 bits per heavy atom. The van der Waals surface area contributed by atoms with Crippen LogP contribution in [-0.4, -0.2) is 37.0 Å². The van der Waals surface area contributed by atoms with Gasteiger partial charge in [-0.1, -0.05) is 25.5 Å². The van der Waals surface area contributed by atoms with Crippen molar-refractivity contribution in [3.8, 4) is 0 Å². The number of nitrogens with zero attached hydrogens (tertiary/aromatic N) is 1. The molecule has 1 aromatic rings. The number of hydrogen-bond donors (Lipinski definition) is 0. The number of ketones is 1. The Bertz CT molecular complexity index is 442. The highest BCUT2D eigenvalue weighted by Crippen LogP contribution is 2.17. The number of Topliss-reactive ketones (excluding diaryl/α,β-unsaturated/α-hetero) is 1. The van der Waals surface area contributed by atoms with Crippen molar-refractivity contribution in [1.82, 2.24) is 4.90 Å². The molecule has 0 bridgehead atoms. The van der Waals surface area contributed by atoms with Crippen LogP contribution in [0.4, 0.5) is 0 Å². The maximum Gasteiger partial charge on any atom is 0.159 e. The lowest BCUT2D eigenvalue weighted by atomic mass is 9.98. The van der Waals surface area contributed by atoms with Crippen LogP contribution < -0.4 is 0 Å². The van der Waals surface area contributed by atoms with E-state index in [1.807, 2.05) is 6.07 Å². The van der Waals surface area contributed by atoms with Crippen LogP contribution in [0.1, 0.15) is 41.8 Å². The Morgan fingerprint density at radius 1 is 1.25 bits per heavy atom. The van der Waals surface area contributed by atoms with Crippen molar-refractivity contribution >= 4 is 18.2 Å². The SMILES string of the molecule is CCCc1ccc(C(C)=O)cc1CN1CCOCC1.Cl. The van der Waals surface area contributed by atoms with Gasteiger partial charge in [-0.25, -0.2) is 0 Å². The second-order valence-corrected chi connectivity index (χ2v) is 5.18. The molecule has 4 heteroatoms. The van der Waals surface area contributed by atoms with Crippen LogP contribution in [0.25, 0.3) is 0 Å². The summed E-state index contributed by atoms with van der Waals surface area (Å²) in [5, 5.41) is 0. The molecule has 1 fully saturated rings. The normalized spacial score (nSPS) is 15.7. The molecule has 0 amide bonds. The summed E-state index contributed by atoms with van der Waals surface area (Å²) in [5.74, 6) is 0.145. The van der Waals surface area contributed by atoms with Crippen molar-refractivity contribution < 1.29 is 9.53 Å². The van der Waals surface area contributed by atoms with E-state index >= 15 is 0 Å². The van der Waals surface area contributed by atoms with Gasteiger partial charge in [-0.15, -0.1) is 12.4 Å². The minimum absolute atomic E-state index is 0. The molecule has 1 aromatic carbocycles. The third kappa shape index (κ3) is 4.58. The Labute approximate surface area is 127 Å². The minimum Gasteiger partial charge on any atom is -0.379 e. The molecule has 0 aromatic heterocycles. The molecular weight excluding hydrogens is 274 g/mol. The molecule has 1 aliphatic rings. The third-order valence-electron chi connectivity index (χ3n) is 3.63. The van der Waals surface area contributed by atoms with Crippen LogP contribution in [-0.2, 0) is 17.7 Å². The van der Waals surface area contributed by atoms with E-state index in [4.69, 9.17) is 4.74 Å². The molecule has 112 valence electrons. The average molecular weight is 298 g/mol. The van der Waals surface area contributed by atoms with E-state index in [9.17, 15) is 4.79 Å². The summed E-state index contributed by atoms with van der Waals surface area (Å²) in [4.78, 5) is 13.9. The van der Waals surface area contributed by atoms with E-state index in [-0.39, 0.29) is 18.2 Å². The monoisotopic (exact) mass is 297 g/mol. The molecule has 1 heterocycles. The lowest BCUT2D eigenvalue weighted by Crippen LogP contribution is -2.35. The number of carbonyl (C=O) groups is 1. The van der Waals surface area contributed by atoms with Crippen molar-refractivity contribution in [2.24, 2.45) is 0 Å². The zero-order valence-electron chi connectivity index (χ0n) is 12.4. The molecular formula is C16H24ClNO2. The van der Waals surface area contributed by atoms with Gasteiger partial charge in [-0.2, -0.15) is 0 Å². The Hall–Kier alpha value is -0.900. The van der Waals surface area contributed by atoms with E-state index in [1.54, 1.807) is 6.92 Å². The lowest BCUT2D eigenvalue weighted by molar-refractivity contribution is 0.0340. The summed E-state index contributed by atoms with van der Waals surface area (Å²) in [7, 11) is 0. The van der Waals surface area contributed by atoms with Crippen LogP contribution in [0.5, 0.6) is 0 Å². The molecule has 0 unspecified atom stereocenters. The minimum atomic E-state index is 0. The first-order valence-electron chi connectivity index (χ1n) is 7.13. The first kappa shape index (κ1) is 17.2. The van der Waals surface area contributed by atoms with E-state index in [0.29, 0.717) is 0 Å². The molecule has 0 atom stereocenters. The molecule has 1 aliphatic heterocycles. The van der Waals surface area contributed by atoms with Gasteiger partial charge in [0.15, 0.2) is 5.78 Å². The summed E-state index contributed by atoms with van der Waals surface area (Å²) in [6.45, 7) is 8.35. The number of morpholine rings is 1. The topological polar surface area (TPSA) is 29.5 Å². The summed E-state index contributed by atoms with van der Waals surface area (Å²) in [5.41, 5.74) is 3.50. The van der Waals surface area contributed by atoms with Crippen LogP contribution in [0.2, 0.25) is 0 Å². The van der Waals surface area contributed by atoms with Crippen molar-refractivity contribution in [2.75, 3.05) is 26.3 Å².